The highest BCUT2D eigenvalue weighted by Gasteiger charge is 1.97. The Morgan fingerprint density at radius 1 is 0.833 bits per heavy atom. The molecule has 0 aromatic rings. The van der Waals surface area contributed by atoms with Crippen LogP contribution in [0.15, 0.2) is 0 Å². The van der Waals surface area contributed by atoms with E-state index < -0.39 is 0 Å². The molecule has 0 aromatic carbocycles. The minimum Gasteiger partial charge on any atom is -0.304 e. The molecule has 0 fully saturated rings. The largest absolute Gasteiger partial charge is 0.304 e. The highest BCUT2D eigenvalue weighted by Crippen LogP contribution is 1.95. The maximum atomic E-state index is 2.52. The van der Waals surface area contributed by atoms with Gasteiger partial charge in [0.1, 0.15) is 0 Å². The molecular formula is C11H27N. The Kier molecular flexibility index (Phi) is 16.3. The van der Waals surface area contributed by atoms with E-state index in [0.717, 1.165) is 0 Å². The molecular weight excluding hydrogens is 146 g/mol. The molecule has 0 aliphatic carbocycles. The Bertz CT molecular complexity index is 62.0. The summed E-state index contributed by atoms with van der Waals surface area (Å²) in [6.07, 6.45) is 3.96. The zero-order valence-corrected chi connectivity index (χ0v) is 9.69. The van der Waals surface area contributed by atoms with E-state index >= 15 is 0 Å². The van der Waals surface area contributed by atoms with Crippen LogP contribution in [0.2, 0.25) is 0 Å². The van der Waals surface area contributed by atoms with Crippen molar-refractivity contribution in [3.05, 3.63) is 0 Å². The standard InChI is InChI=1S/C9H21N.C2H6/c1-4-7-9-10(6-3)8-5-2;1-2/h4-9H2,1-3H3;1-2H3. The topological polar surface area (TPSA) is 3.24 Å². The second kappa shape index (κ2) is 13.5. The Morgan fingerprint density at radius 2 is 1.42 bits per heavy atom. The molecule has 0 aliphatic heterocycles. The molecule has 1 nitrogen and oxygen atoms in total. The number of nitrogens with zero attached hydrogens (tertiary/aromatic N) is 1. The van der Waals surface area contributed by atoms with Crippen LogP contribution in [0, 0.1) is 0 Å². The average Bonchev–Trinajstić information content (AvgIpc) is 2.15. The number of unbranched alkanes of at least 4 members (excludes halogenated alkanes) is 1. The summed E-state index contributed by atoms with van der Waals surface area (Å²) in [6, 6.07) is 0. The van der Waals surface area contributed by atoms with Crippen LogP contribution in [-0.4, -0.2) is 24.5 Å². The molecule has 0 saturated carbocycles. The van der Waals surface area contributed by atoms with Gasteiger partial charge in [0.05, 0.1) is 0 Å². The molecule has 0 amide bonds. The molecule has 1 heteroatoms. The minimum atomic E-state index is 1.22. The Morgan fingerprint density at radius 3 is 1.75 bits per heavy atom. The average molecular weight is 173 g/mol. The van der Waals surface area contributed by atoms with E-state index in [1.165, 1.54) is 38.9 Å². The first-order valence-electron chi connectivity index (χ1n) is 5.57. The van der Waals surface area contributed by atoms with E-state index in [0.29, 0.717) is 0 Å². The van der Waals surface area contributed by atoms with Crippen LogP contribution in [0.5, 0.6) is 0 Å². The summed E-state index contributed by atoms with van der Waals surface area (Å²) in [7, 11) is 0. The molecule has 0 atom stereocenters. The van der Waals surface area contributed by atoms with E-state index in [1.807, 2.05) is 13.8 Å². The zero-order chi connectivity index (χ0) is 9.82. The molecule has 0 aromatic heterocycles. The van der Waals surface area contributed by atoms with Gasteiger partial charge in [-0.3, -0.25) is 0 Å². The van der Waals surface area contributed by atoms with Crippen molar-refractivity contribution in [3.63, 3.8) is 0 Å². The van der Waals surface area contributed by atoms with Crippen molar-refractivity contribution in [1.29, 1.82) is 0 Å². The lowest BCUT2D eigenvalue weighted by molar-refractivity contribution is 0.284. The minimum absolute atomic E-state index is 1.22. The van der Waals surface area contributed by atoms with Crippen LogP contribution in [-0.2, 0) is 0 Å². The predicted molar refractivity (Wildman–Crippen MR) is 58.7 cm³/mol. The fourth-order valence-corrected chi connectivity index (χ4v) is 1.13. The first-order valence-corrected chi connectivity index (χ1v) is 5.57. The molecule has 76 valence electrons. The summed E-state index contributed by atoms with van der Waals surface area (Å²) < 4.78 is 0. The van der Waals surface area contributed by atoms with Gasteiger partial charge in [0.15, 0.2) is 0 Å². The molecule has 0 saturated heterocycles. The van der Waals surface area contributed by atoms with Crippen molar-refractivity contribution in [1.82, 2.24) is 4.90 Å². The molecule has 0 radical (unpaired) electrons. The third-order valence-electron chi connectivity index (χ3n) is 1.81. The van der Waals surface area contributed by atoms with Crippen molar-refractivity contribution in [2.45, 2.75) is 53.9 Å². The lowest BCUT2D eigenvalue weighted by Crippen LogP contribution is -2.25. The zero-order valence-electron chi connectivity index (χ0n) is 9.69. The van der Waals surface area contributed by atoms with Crippen molar-refractivity contribution in [2.24, 2.45) is 0 Å². The molecule has 0 heterocycles. The molecule has 12 heavy (non-hydrogen) atoms. The molecule has 0 bridgehead atoms. The fraction of sp³-hybridized carbons (Fsp3) is 1.00. The van der Waals surface area contributed by atoms with Gasteiger partial charge < -0.3 is 4.90 Å². The third-order valence-corrected chi connectivity index (χ3v) is 1.81. The van der Waals surface area contributed by atoms with Crippen molar-refractivity contribution in [2.75, 3.05) is 19.6 Å². The normalized spacial score (nSPS) is 9.50. The highest BCUT2D eigenvalue weighted by molar-refractivity contribution is 4.52. The second-order valence-corrected chi connectivity index (χ2v) is 2.79. The van der Waals surface area contributed by atoms with Crippen LogP contribution in [0.1, 0.15) is 53.9 Å². The predicted octanol–water partition coefficient (Wildman–Crippen LogP) is 3.54. The highest BCUT2D eigenvalue weighted by atomic mass is 15.1. The van der Waals surface area contributed by atoms with Gasteiger partial charge in [-0.05, 0) is 32.5 Å². The fourth-order valence-electron chi connectivity index (χ4n) is 1.13. The molecule has 0 aliphatic rings. The summed E-state index contributed by atoms with van der Waals surface area (Å²) in [4.78, 5) is 2.52. The van der Waals surface area contributed by atoms with Crippen LogP contribution in [0.3, 0.4) is 0 Å². The van der Waals surface area contributed by atoms with E-state index in [-0.39, 0.29) is 0 Å². The summed E-state index contributed by atoms with van der Waals surface area (Å²) in [5, 5.41) is 0. The lowest BCUT2D eigenvalue weighted by Gasteiger charge is -2.18. The van der Waals surface area contributed by atoms with Crippen LogP contribution >= 0.6 is 0 Å². The SMILES string of the molecule is CC.CCCCN(CC)CCC. The first-order chi connectivity index (χ1) is 5.85. The lowest BCUT2D eigenvalue weighted by atomic mass is 10.3. The molecule has 0 spiro atoms. The third kappa shape index (κ3) is 9.96. The Labute approximate surface area is 79.2 Å². The second-order valence-electron chi connectivity index (χ2n) is 2.79. The van der Waals surface area contributed by atoms with Crippen molar-refractivity contribution >= 4 is 0 Å². The molecule has 0 rings (SSSR count). The Balaban J connectivity index is 0. The van der Waals surface area contributed by atoms with Gasteiger partial charge in [-0.2, -0.15) is 0 Å². The van der Waals surface area contributed by atoms with Crippen LogP contribution < -0.4 is 0 Å². The quantitative estimate of drug-likeness (QED) is 0.594. The van der Waals surface area contributed by atoms with Gasteiger partial charge in [0, 0.05) is 0 Å². The number of rotatable bonds is 6. The van der Waals surface area contributed by atoms with Crippen molar-refractivity contribution in [3.8, 4) is 0 Å². The molecule has 0 N–H and O–H groups in total. The summed E-state index contributed by atoms with van der Waals surface area (Å²) in [5.41, 5.74) is 0. The van der Waals surface area contributed by atoms with Gasteiger partial charge in [0.2, 0.25) is 0 Å². The van der Waals surface area contributed by atoms with Gasteiger partial charge >= 0.3 is 0 Å². The Hall–Kier alpha value is -0.0400. The van der Waals surface area contributed by atoms with E-state index in [2.05, 4.69) is 25.7 Å². The van der Waals surface area contributed by atoms with Gasteiger partial charge in [-0.25, -0.2) is 0 Å². The van der Waals surface area contributed by atoms with Crippen molar-refractivity contribution < 1.29 is 0 Å². The van der Waals surface area contributed by atoms with E-state index in [9.17, 15) is 0 Å². The van der Waals surface area contributed by atoms with E-state index in [1.54, 1.807) is 0 Å². The maximum absolute atomic E-state index is 2.52. The summed E-state index contributed by atoms with van der Waals surface area (Å²) in [6.45, 7) is 14.5. The summed E-state index contributed by atoms with van der Waals surface area (Å²) in [5.74, 6) is 0. The molecule has 0 unspecified atom stereocenters. The first kappa shape index (κ1) is 14.5. The smallest absolute Gasteiger partial charge is 0.00190 e. The van der Waals surface area contributed by atoms with Gasteiger partial charge in [-0.15, -0.1) is 0 Å². The van der Waals surface area contributed by atoms with Gasteiger partial charge in [-0.1, -0.05) is 41.0 Å². The number of hydrogen-bond donors (Lipinski definition) is 0. The maximum Gasteiger partial charge on any atom is -0.00190 e. The van der Waals surface area contributed by atoms with Gasteiger partial charge in [0.25, 0.3) is 0 Å². The summed E-state index contributed by atoms with van der Waals surface area (Å²) >= 11 is 0. The van der Waals surface area contributed by atoms with Crippen LogP contribution in [0.25, 0.3) is 0 Å². The van der Waals surface area contributed by atoms with Crippen LogP contribution in [0.4, 0.5) is 0 Å². The van der Waals surface area contributed by atoms with E-state index in [4.69, 9.17) is 0 Å². The number of hydrogen-bond acceptors (Lipinski definition) is 1. The monoisotopic (exact) mass is 173 g/mol.